The Labute approximate surface area is 199 Å². The van der Waals surface area contributed by atoms with Crippen LogP contribution < -0.4 is 0 Å². The van der Waals surface area contributed by atoms with E-state index in [4.69, 9.17) is 11.6 Å². The molecular weight excluding hydrogens is 441 g/mol. The van der Waals surface area contributed by atoms with E-state index in [1.54, 1.807) is 0 Å². The third-order valence-corrected chi connectivity index (χ3v) is 7.29. The molecule has 1 aliphatic rings. The highest BCUT2D eigenvalue weighted by Gasteiger charge is 2.23. The van der Waals surface area contributed by atoms with Crippen LogP contribution in [0, 0.1) is 23.4 Å². The maximum atomic E-state index is 14.7. The molecule has 0 unspecified atom stereocenters. The monoisotopic (exact) mass is 470 g/mol. The van der Waals surface area contributed by atoms with Crippen LogP contribution in [-0.4, -0.2) is 0 Å². The van der Waals surface area contributed by atoms with Crippen LogP contribution in [0.3, 0.4) is 0 Å². The summed E-state index contributed by atoms with van der Waals surface area (Å²) in [5.41, 5.74) is 3.43. The van der Waals surface area contributed by atoms with Crippen LogP contribution in [-0.2, 0) is 12.8 Å². The lowest BCUT2D eigenvalue weighted by Crippen LogP contribution is -2.14. The molecule has 0 atom stereocenters. The van der Waals surface area contributed by atoms with Crippen LogP contribution in [0.4, 0.5) is 13.2 Å². The summed E-state index contributed by atoms with van der Waals surface area (Å²) in [5.74, 6) is -0.823. The van der Waals surface area contributed by atoms with Crippen LogP contribution in [0.25, 0.3) is 11.1 Å². The molecule has 1 aliphatic carbocycles. The van der Waals surface area contributed by atoms with E-state index in [1.807, 2.05) is 0 Å². The molecule has 3 aromatic carbocycles. The summed E-state index contributed by atoms with van der Waals surface area (Å²) < 4.78 is 43.2. The largest absolute Gasteiger partial charge is 0.206 e. The molecule has 4 heteroatoms. The molecule has 0 amide bonds. The highest BCUT2D eigenvalue weighted by atomic mass is 35.5. The number of benzene rings is 3. The number of rotatable bonds is 7. The number of hydrogen-bond acceptors (Lipinski definition) is 0. The van der Waals surface area contributed by atoms with E-state index >= 15 is 0 Å². The third kappa shape index (κ3) is 5.81. The highest BCUT2D eigenvalue weighted by Crippen LogP contribution is 2.38. The van der Waals surface area contributed by atoms with Gasteiger partial charge in [-0.3, -0.25) is 0 Å². The zero-order valence-electron chi connectivity index (χ0n) is 19.0. The summed E-state index contributed by atoms with van der Waals surface area (Å²) >= 11 is 5.69. The highest BCUT2D eigenvalue weighted by molar-refractivity contribution is 6.30. The molecule has 33 heavy (non-hydrogen) atoms. The van der Waals surface area contributed by atoms with Crippen molar-refractivity contribution < 1.29 is 13.2 Å². The second kappa shape index (κ2) is 10.8. The van der Waals surface area contributed by atoms with Gasteiger partial charge < -0.3 is 0 Å². The van der Waals surface area contributed by atoms with Crippen LogP contribution in [0.2, 0.25) is 5.02 Å². The molecule has 0 aliphatic heterocycles. The van der Waals surface area contributed by atoms with Crippen LogP contribution in [0.5, 0.6) is 0 Å². The minimum absolute atomic E-state index is 0.0700. The number of aryl methyl sites for hydroxylation is 2. The molecule has 1 saturated carbocycles. The van der Waals surface area contributed by atoms with Gasteiger partial charge in [0.2, 0.25) is 0 Å². The van der Waals surface area contributed by atoms with Crippen molar-refractivity contribution in [2.24, 2.45) is 5.92 Å². The average Bonchev–Trinajstić information content (AvgIpc) is 2.81. The molecule has 0 radical (unpaired) electrons. The van der Waals surface area contributed by atoms with Crippen molar-refractivity contribution in [3.8, 4) is 11.1 Å². The summed E-state index contributed by atoms with van der Waals surface area (Å²) in [5, 5.41) is -0.0700. The minimum atomic E-state index is -0.690. The van der Waals surface area contributed by atoms with Crippen LogP contribution in [0.15, 0.2) is 54.6 Å². The Bertz CT molecular complexity index is 1060. The summed E-state index contributed by atoms with van der Waals surface area (Å²) in [7, 11) is 0. The Hall–Kier alpha value is -2.26. The molecule has 0 saturated heterocycles. The van der Waals surface area contributed by atoms with Gasteiger partial charge in [0.05, 0.1) is 10.6 Å². The predicted octanol–water partition coefficient (Wildman–Crippen LogP) is 9.28. The van der Waals surface area contributed by atoms with Crippen LogP contribution >= 0.6 is 11.6 Å². The Morgan fingerprint density at radius 3 is 2.03 bits per heavy atom. The lowest BCUT2D eigenvalue weighted by atomic mass is 9.76. The molecule has 0 aromatic heterocycles. The van der Waals surface area contributed by atoms with Crippen LogP contribution in [0.1, 0.15) is 68.1 Å². The second-order valence-corrected chi connectivity index (χ2v) is 9.72. The van der Waals surface area contributed by atoms with Gasteiger partial charge in [-0.2, -0.15) is 0 Å². The van der Waals surface area contributed by atoms with Crippen molar-refractivity contribution in [3.05, 3.63) is 93.8 Å². The van der Waals surface area contributed by atoms with Gasteiger partial charge in [0.1, 0.15) is 17.5 Å². The lowest BCUT2D eigenvalue weighted by Gasteiger charge is -2.29. The fourth-order valence-corrected chi connectivity index (χ4v) is 5.22. The fraction of sp³-hybridized carbons (Fsp3) is 0.379. The summed E-state index contributed by atoms with van der Waals surface area (Å²) in [6.45, 7) is 2.20. The van der Waals surface area contributed by atoms with Crippen molar-refractivity contribution >= 4 is 11.6 Å². The first kappa shape index (κ1) is 23.9. The van der Waals surface area contributed by atoms with Gasteiger partial charge in [0.15, 0.2) is 0 Å². The van der Waals surface area contributed by atoms with E-state index in [0.29, 0.717) is 23.8 Å². The van der Waals surface area contributed by atoms with Gasteiger partial charge in [-0.15, -0.1) is 0 Å². The molecule has 0 nitrogen and oxygen atoms in total. The first-order chi connectivity index (χ1) is 15.9. The van der Waals surface area contributed by atoms with Crippen molar-refractivity contribution in [3.63, 3.8) is 0 Å². The molecule has 0 heterocycles. The normalized spacial score (nSPS) is 18.5. The smallest absolute Gasteiger partial charge is 0.142 e. The average molecular weight is 471 g/mol. The molecule has 4 rings (SSSR count). The van der Waals surface area contributed by atoms with Gasteiger partial charge >= 0.3 is 0 Å². The van der Waals surface area contributed by atoms with Gasteiger partial charge in [0, 0.05) is 0 Å². The van der Waals surface area contributed by atoms with Gasteiger partial charge in [-0.25, -0.2) is 13.2 Å². The summed E-state index contributed by atoms with van der Waals surface area (Å²) in [6, 6.07) is 15.7. The Morgan fingerprint density at radius 1 is 0.758 bits per heavy atom. The summed E-state index contributed by atoms with van der Waals surface area (Å²) in [4.78, 5) is 0. The summed E-state index contributed by atoms with van der Waals surface area (Å²) in [6.07, 6.45) is 8.50. The van der Waals surface area contributed by atoms with E-state index in [2.05, 4.69) is 31.2 Å². The first-order valence-corrected chi connectivity index (χ1v) is 12.3. The van der Waals surface area contributed by atoms with Crippen molar-refractivity contribution in [1.82, 2.24) is 0 Å². The van der Waals surface area contributed by atoms with Gasteiger partial charge in [0.25, 0.3) is 0 Å². The Morgan fingerprint density at radius 2 is 1.42 bits per heavy atom. The maximum absolute atomic E-state index is 14.7. The van der Waals surface area contributed by atoms with Crippen molar-refractivity contribution in [1.29, 1.82) is 0 Å². The lowest BCUT2D eigenvalue weighted by molar-refractivity contribution is 0.310. The van der Waals surface area contributed by atoms with E-state index in [-0.39, 0.29) is 16.1 Å². The number of halogens is 4. The molecule has 0 spiro atoms. The molecule has 1 fully saturated rings. The molecule has 0 N–H and O–H groups in total. The SMILES string of the molecule is CCCc1ccc(C2CCC(CCc3cc(F)c(-c4ccc(Cl)c(F)c4)c(F)c3)CC2)cc1. The Kier molecular flexibility index (Phi) is 7.80. The predicted molar refractivity (Wildman–Crippen MR) is 130 cm³/mol. The third-order valence-electron chi connectivity index (χ3n) is 6.99. The standard InChI is InChI=1S/C29H30ClF3/c1-2-3-19-6-10-22(11-7-19)23-12-8-20(9-13-23)4-5-21-16-27(32)29(28(33)17-21)24-14-15-25(30)26(31)18-24/h6-7,10-11,14-18,20,23H,2-5,8-9,12-13H2,1H3. The molecular formula is C29H30ClF3. The molecule has 0 bridgehead atoms. The zero-order valence-corrected chi connectivity index (χ0v) is 19.8. The number of hydrogen-bond donors (Lipinski definition) is 0. The van der Waals surface area contributed by atoms with E-state index in [9.17, 15) is 13.2 Å². The first-order valence-electron chi connectivity index (χ1n) is 12.0. The quantitative estimate of drug-likeness (QED) is 0.322. The van der Waals surface area contributed by atoms with E-state index in [0.717, 1.165) is 31.7 Å². The van der Waals surface area contributed by atoms with E-state index in [1.165, 1.54) is 54.7 Å². The molecule has 174 valence electrons. The van der Waals surface area contributed by atoms with Crippen molar-refractivity contribution in [2.45, 2.75) is 64.2 Å². The topological polar surface area (TPSA) is 0 Å². The van der Waals surface area contributed by atoms with E-state index < -0.39 is 17.5 Å². The van der Waals surface area contributed by atoms with Gasteiger partial charge in [-0.1, -0.05) is 55.3 Å². The van der Waals surface area contributed by atoms with Crippen molar-refractivity contribution in [2.75, 3.05) is 0 Å². The zero-order chi connectivity index (χ0) is 23.4. The fourth-order valence-electron chi connectivity index (χ4n) is 5.10. The Balaban J connectivity index is 1.34. The molecule has 3 aromatic rings. The second-order valence-electron chi connectivity index (χ2n) is 9.31. The maximum Gasteiger partial charge on any atom is 0.142 e. The van der Waals surface area contributed by atoms with Gasteiger partial charge in [-0.05, 0) is 103 Å². The minimum Gasteiger partial charge on any atom is -0.206 e.